The Hall–Kier alpha value is -0.120. The lowest BCUT2D eigenvalue weighted by molar-refractivity contribution is 0.0883. The minimum atomic E-state index is 0.466. The van der Waals surface area contributed by atoms with Crippen LogP contribution in [0.5, 0.6) is 0 Å². The Balaban J connectivity index is 1.79. The summed E-state index contributed by atoms with van der Waals surface area (Å²) in [7, 11) is 3.96. The maximum atomic E-state index is 5.28. The van der Waals surface area contributed by atoms with E-state index in [4.69, 9.17) is 4.74 Å². The normalized spacial score (nSPS) is 32.8. The summed E-state index contributed by atoms with van der Waals surface area (Å²) in [4.78, 5) is 2.68. The molecule has 0 aromatic carbocycles. The Morgan fingerprint density at radius 1 is 1.21 bits per heavy atom. The van der Waals surface area contributed by atoms with Gasteiger partial charge in [0.05, 0.1) is 0 Å². The maximum Gasteiger partial charge on any atom is 0.0491 e. The van der Waals surface area contributed by atoms with Crippen molar-refractivity contribution in [3.8, 4) is 0 Å². The van der Waals surface area contributed by atoms with Gasteiger partial charge in [0.2, 0.25) is 0 Å². The molecule has 2 unspecified atom stereocenters. The van der Waals surface area contributed by atoms with E-state index in [1.165, 1.54) is 45.3 Å². The van der Waals surface area contributed by atoms with E-state index in [1.807, 2.05) is 7.11 Å². The second-order valence-corrected chi connectivity index (χ2v) is 7.25. The van der Waals surface area contributed by atoms with Crippen LogP contribution in [0.3, 0.4) is 0 Å². The van der Waals surface area contributed by atoms with Crippen LogP contribution in [-0.2, 0) is 4.74 Å². The fourth-order valence-electron chi connectivity index (χ4n) is 4.24. The lowest BCUT2D eigenvalue weighted by atomic mass is 9.84. The summed E-state index contributed by atoms with van der Waals surface area (Å²) in [5.74, 6) is 1.63. The standard InChI is InChI=1S/C16H32N2O/c1-16(2)8-5-14(15(16)17-3)11-18-9-6-13(7-10-18)12-19-4/h13-15,17H,5-12H2,1-4H3. The molecule has 1 saturated carbocycles. The van der Waals surface area contributed by atoms with Gasteiger partial charge in [-0.05, 0) is 63.1 Å². The van der Waals surface area contributed by atoms with Gasteiger partial charge in [-0.15, -0.1) is 0 Å². The molecule has 0 radical (unpaired) electrons. The summed E-state index contributed by atoms with van der Waals surface area (Å²) in [6.45, 7) is 9.60. The second-order valence-electron chi connectivity index (χ2n) is 7.25. The van der Waals surface area contributed by atoms with E-state index >= 15 is 0 Å². The van der Waals surface area contributed by atoms with Gasteiger partial charge in [0.15, 0.2) is 0 Å². The van der Waals surface area contributed by atoms with E-state index in [0.717, 1.165) is 18.4 Å². The van der Waals surface area contributed by atoms with Gasteiger partial charge in [-0.2, -0.15) is 0 Å². The summed E-state index contributed by atoms with van der Waals surface area (Å²) in [6.07, 6.45) is 5.38. The lowest BCUT2D eigenvalue weighted by Crippen LogP contribution is -2.46. The molecule has 0 spiro atoms. The van der Waals surface area contributed by atoms with E-state index in [0.29, 0.717) is 11.5 Å². The SMILES string of the molecule is CNC1C(CN2CCC(COC)CC2)CCC1(C)C. The molecule has 1 N–H and O–H groups in total. The first kappa shape index (κ1) is 15.3. The number of ether oxygens (including phenoxy) is 1. The highest BCUT2D eigenvalue weighted by molar-refractivity contribution is 4.96. The van der Waals surface area contributed by atoms with E-state index in [-0.39, 0.29) is 0 Å². The highest BCUT2D eigenvalue weighted by Gasteiger charge is 2.41. The fraction of sp³-hybridized carbons (Fsp3) is 1.00. The van der Waals surface area contributed by atoms with Crippen LogP contribution in [0.25, 0.3) is 0 Å². The van der Waals surface area contributed by atoms with Gasteiger partial charge in [-0.25, -0.2) is 0 Å². The zero-order chi connectivity index (χ0) is 13.9. The van der Waals surface area contributed by atoms with Crippen LogP contribution in [0.1, 0.15) is 39.5 Å². The first-order chi connectivity index (χ1) is 9.06. The van der Waals surface area contributed by atoms with Gasteiger partial charge < -0.3 is 15.0 Å². The highest BCUT2D eigenvalue weighted by atomic mass is 16.5. The van der Waals surface area contributed by atoms with Crippen molar-refractivity contribution >= 4 is 0 Å². The Morgan fingerprint density at radius 2 is 1.89 bits per heavy atom. The minimum absolute atomic E-state index is 0.466. The number of rotatable bonds is 5. The zero-order valence-corrected chi connectivity index (χ0v) is 13.2. The molecule has 112 valence electrons. The Kier molecular flexibility index (Phi) is 5.27. The zero-order valence-electron chi connectivity index (χ0n) is 13.2. The molecule has 0 bridgehead atoms. The molecular formula is C16H32N2O. The summed E-state index contributed by atoms with van der Waals surface area (Å²) >= 11 is 0. The van der Waals surface area contributed by atoms with Crippen molar-refractivity contribution in [2.75, 3.05) is 40.4 Å². The third kappa shape index (κ3) is 3.71. The monoisotopic (exact) mass is 268 g/mol. The number of nitrogens with zero attached hydrogens (tertiary/aromatic N) is 1. The number of methoxy groups -OCH3 is 1. The predicted octanol–water partition coefficient (Wildman–Crippen LogP) is 2.37. The number of piperidine rings is 1. The smallest absolute Gasteiger partial charge is 0.0491 e. The van der Waals surface area contributed by atoms with Gasteiger partial charge in [0.25, 0.3) is 0 Å². The van der Waals surface area contributed by atoms with E-state index < -0.39 is 0 Å². The molecule has 1 aliphatic carbocycles. The fourth-order valence-corrected chi connectivity index (χ4v) is 4.24. The van der Waals surface area contributed by atoms with Crippen LogP contribution in [0.4, 0.5) is 0 Å². The molecule has 1 saturated heterocycles. The Labute approximate surface area is 119 Å². The molecule has 3 nitrogen and oxygen atoms in total. The van der Waals surface area contributed by atoms with Crippen molar-refractivity contribution in [3.63, 3.8) is 0 Å². The van der Waals surface area contributed by atoms with Crippen LogP contribution >= 0.6 is 0 Å². The van der Waals surface area contributed by atoms with Gasteiger partial charge >= 0.3 is 0 Å². The second kappa shape index (κ2) is 6.55. The quantitative estimate of drug-likeness (QED) is 0.828. The summed E-state index contributed by atoms with van der Waals surface area (Å²) in [5, 5.41) is 3.58. The van der Waals surface area contributed by atoms with Gasteiger partial charge in [-0.3, -0.25) is 0 Å². The Bertz CT molecular complexity index is 272. The maximum absolute atomic E-state index is 5.28. The van der Waals surface area contributed by atoms with Gasteiger partial charge in [0, 0.05) is 26.3 Å². The molecule has 0 aromatic heterocycles. The van der Waals surface area contributed by atoms with Gasteiger partial charge in [0.1, 0.15) is 0 Å². The first-order valence-corrected chi connectivity index (χ1v) is 7.95. The van der Waals surface area contributed by atoms with E-state index in [1.54, 1.807) is 0 Å². The largest absolute Gasteiger partial charge is 0.384 e. The van der Waals surface area contributed by atoms with Crippen molar-refractivity contribution in [2.45, 2.75) is 45.6 Å². The third-order valence-corrected chi connectivity index (χ3v) is 5.39. The molecule has 3 heteroatoms. The molecule has 2 fully saturated rings. The van der Waals surface area contributed by atoms with Crippen LogP contribution in [0.15, 0.2) is 0 Å². The highest BCUT2D eigenvalue weighted by Crippen LogP contribution is 2.41. The number of likely N-dealkylation sites (tertiary alicyclic amines) is 1. The molecule has 1 heterocycles. The van der Waals surface area contributed by atoms with Crippen LogP contribution in [0.2, 0.25) is 0 Å². The molecular weight excluding hydrogens is 236 g/mol. The molecule has 1 aliphatic heterocycles. The predicted molar refractivity (Wildman–Crippen MR) is 80.4 cm³/mol. The summed E-state index contributed by atoms with van der Waals surface area (Å²) in [6, 6.07) is 0.684. The van der Waals surface area contributed by atoms with Crippen molar-refractivity contribution in [2.24, 2.45) is 17.3 Å². The van der Waals surface area contributed by atoms with E-state index in [2.05, 4.69) is 31.1 Å². The van der Waals surface area contributed by atoms with Crippen molar-refractivity contribution in [3.05, 3.63) is 0 Å². The van der Waals surface area contributed by atoms with Crippen LogP contribution in [-0.4, -0.2) is 51.3 Å². The summed E-state index contributed by atoms with van der Waals surface area (Å²) in [5.41, 5.74) is 0.466. The third-order valence-electron chi connectivity index (χ3n) is 5.39. The lowest BCUT2D eigenvalue weighted by Gasteiger charge is -2.36. The van der Waals surface area contributed by atoms with Crippen LogP contribution in [0, 0.1) is 17.3 Å². The number of hydrogen-bond donors (Lipinski definition) is 1. The summed E-state index contributed by atoms with van der Waals surface area (Å²) < 4.78 is 5.28. The molecule has 19 heavy (non-hydrogen) atoms. The van der Waals surface area contributed by atoms with Crippen molar-refractivity contribution in [1.82, 2.24) is 10.2 Å². The molecule has 2 aliphatic rings. The average molecular weight is 268 g/mol. The molecule has 2 atom stereocenters. The van der Waals surface area contributed by atoms with Gasteiger partial charge in [-0.1, -0.05) is 13.8 Å². The first-order valence-electron chi connectivity index (χ1n) is 7.95. The molecule has 2 rings (SSSR count). The topological polar surface area (TPSA) is 24.5 Å². The van der Waals surface area contributed by atoms with Crippen molar-refractivity contribution < 1.29 is 4.74 Å². The number of nitrogens with one attached hydrogen (secondary N) is 1. The van der Waals surface area contributed by atoms with Crippen molar-refractivity contribution in [1.29, 1.82) is 0 Å². The Morgan fingerprint density at radius 3 is 2.47 bits per heavy atom. The number of hydrogen-bond acceptors (Lipinski definition) is 3. The van der Waals surface area contributed by atoms with Crippen LogP contribution < -0.4 is 5.32 Å². The van der Waals surface area contributed by atoms with E-state index in [9.17, 15) is 0 Å². The average Bonchev–Trinajstić information content (AvgIpc) is 2.67. The minimum Gasteiger partial charge on any atom is -0.384 e. The molecule has 0 aromatic rings. The molecule has 0 amide bonds.